The van der Waals surface area contributed by atoms with Gasteiger partial charge in [0.25, 0.3) is 0 Å². The van der Waals surface area contributed by atoms with Gasteiger partial charge in [-0.25, -0.2) is 4.99 Å². The third-order valence-electron chi connectivity index (χ3n) is 7.36. The number of pyridine rings is 1. The number of nitrogens with two attached hydrogens (primary N) is 1. The molecule has 5 nitrogen and oxygen atoms in total. The number of ether oxygens (including phenoxy) is 1. The summed E-state index contributed by atoms with van der Waals surface area (Å²) in [5, 5.41) is 0. The minimum atomic E-state index is -4.45. The molecule has 1 atom stereocenters. The highest BCUT2D eigenvalue weighted by Gasteiger charge is 2.60. The Morgan fingerprint density at radius 2 is 1.81 bits per heavy atom. The molecule has 0 bridgehead atoms. The number of alkyl halides is 3. The van der Waals surface area contributed by atoms with E-state index in [1.54, 1.807) is 7.11 Å². The molecule has 5 rings (SSSR count). The first kappa shape index (κ1) is 21.1. The molecule has 2 aliphatic carbocycles. The summed E-state index contributed by atoms with van der Waals surface area (Å²) in [6, 6.07) is 6.93. The van der Waals surface area contributed by atoms with Gasteiger partial charge in [0.15, 0.2) is 5.66 Å². The molecule has 1 saturated carbocycles. The van der Waals surface area contributed by atoms with Crippen molar-refractivity contribution in [3.05, 3.63) is 53.3 Å². The maximum atomic E-state index is 13.2. The van der Waals surface area contributed by atoms with E-state index in [4.69, 9.17) is 20.5 Å². The van der Waals surface area contributed by atoms with Crippen LogP contribution in [0.15, 0.2) is 46.6 Å². The normalized spacial score (nSPS) is 29.3. The molecule has 168 valence electrons. The average Bonchev–Trinajstić information content (AvgIpc) is 3.21. The minimum Gasteiger partial charge on any atom is -0.382 e. The van der Waals surface area contributed by atoms with E-state index in [-0.39, 0.29) is 11.5 Å². The van der Waals surface area contributed by atoms with Gasteiger partial charge in [0.2, 0.25) is 0 Å². The summed E-state index contributed by atoms with van der Waals surface area (Å²) in [5.74, 6) is 0.428. The van der Waals surface area contributed by atoms with E-state index in [2.05, 4.69) is 4.98 Å². The van der Waals surface area contributed by atoms with Crippen LogP contribution < -0.4 is 5.73 Å². The van der Waals surface area contributed by atoms with Gasteiger partial charge in [-0.05, 0) is 62.3 Å². The first-order valence-corrected chi connectivity index (χ1v) is 10.8. The van der Waals surface area contributed by atoms with Crippen LogP contribution in [0, 0.1) is 5.41 Å². The van der Waals surface area contributed by atoms with Gasteiger partial charge >= 0.3 is 6.18 Å². The molecule has 2 heterocycles. The lowest BCUT2D eigenvalue weighted by Crippen LogP contribution is -2.43. The Labute approximate surface area is 184 Å². The summed E-state index contributed by atoms with van der Waals surface area (Å²) in [7, 11) is 1.74. The second-order valence-corrected chi connectivity index (χ2v) is 9.09. The Hall–Kier alpha value is -2.74. The van der Waals surface area contributed by atoms with Crippen molar-refractivity contribution in [2.24, 2.45) is 21.1 Å². The van der Waals surface area contributed by atoms with E-state index in [0.29, 0.717) is 22.7 Å². The SMILES string of the molecule is COC1CCC2(CC1)Cc1ccc(-c3cncc(C(F)(F)F)c3)cc1C21N=C(C)C(N)=N1. The van der Waals surface area contributed by atoms with Crippen LogP contribution in [0.1, 0.15) is 49.3 Å². The summed E-state index contributed by atoms with van der Waals surface area (Å²) >= 11 is 0. The first-order chi connectivity index (χ1) is 15.2. The number of amidine groups is 1. The summed E-state index contributed by atoms with van der Waals surface area (Å²) < 4.78 is 45.3. The predicted molar refractivity (Wildman–Crippen MR) is 116 cm³/mol. The van der Waals surface area contributed by atoms with Gasteiger partial charge in [0, 0.05) is 36.0 Å². The molecular weight excluding hydrogens is 417 g/mol. The zero-order valence-corrected chi connectivity index (χ0v) is 18.0. The Balaban J connectivity index is 1.62. The van der Waals surface area contributed by atoms with E-state index in [1.165, 1.54) is 6.20 Å². The molecule has 0 radical (unpaired) electrons. The molecular formula is C24H25F3N4O. The molecule has 8 heteroatoms. The smallest absolute Gasteiger partial charge is 0.382 e. The third kappa shape index (κ3) is 3.07. The predicted octanol–water partition coefficient (Wildman–Crippen LogP) is 4.88. The number of fused-ring (bicyclic) bond motifs is 3. The molecule has 32 heavy (non-hydrogen) atoms. The van der Waals surface area contributed by atoms with Crippen molar-refractivity contribution in [2.75, 3.05) is 7.11 Å². The zero-order chi connectivity index (χ0) is 22.7. The lowest BCUT2D eigenvalue weighted by Gasteiger charge is -2.44. The van der Waals surface area contributed by atoms with Crippen molar-refractivity contribution in [2.45, 2.75) is 57.0 Å². The first-order valence-electron chi connectivity index (χ1n) is 10.8. The minimum absolute atomic E-state index is 0.211. The highest BCUT2D eigenvalue weighted by atomic mass is 19.4. The van der Waals surface area contributed by atoms with Gasteiger partial charge in [-0.2, -0.15) is 13.2 Å². The maximum absolute atomic E-state index is 13.2. The summed E-state index contributed by atoms with van der Waals surface area (Å²) in [4.78, 5) is 13.8. The highest BCUT2D eigenvalue weighted by Crippen LogP contribution is 2.62. The molecule has 0 saturated heterocycles. The van der Waals surface area contributed by atoms with E-state index in [9.17, 15) is 13.2 Å². The number of aromatic nitrogens is 1. The number of nitrogens with zero attached hydrogens (tertiary/aromatic N) is 3. The fourth-order valence-corrected chi connectivity index (χ4v) is 5.60. The highest BCUT2D eigenvalue weighted by molar-refractivity contribution is 6.41. The van der Waals surface area contributed by atoms with E-state index in [1.807, 2.05) is 25.1 Å². The lowest BCUT2D eigenvalue weighted by molar-refractivity contribution is -0.137. The maximum Gasteiger partial charge on any atom is 0.417 e. The molecule has 1 aromatic carbocycles. The van der Waals surface area contributed by atoms with Gasteiger partial charge in [0.1, 0.15) is 5.84 Å². The largest absolute Gasteiger partial charge is 0.417 e. The molecule has 2 aromatic rings. The molecule has 1 aliphatic heterocycles. The number of benzene rings is 1. The number of rotatable bonds is 2. The Bertz CT molecular complexity index is 1110. The third-order valence-corrected chi connectivity index (χ3v) is 7.36. The number of hydrogen-bond acceptors (Lipinski definition) is 5. The van der Waals surface area contributed by atoms with Crippen molar-refractivity contribution in [1.82, 2.24) is 4.98 Å². The van der Waals surface area contributed by atoms with Crippen molar-refractivity contribution in [1.29, 1.82) is 0 Å². The van der Waals surface area contributed by atoms with E-state index >= 15 is 0 Å². The second kappa shape index (κ2) is 7.13. The van der Waals surface area contributed by atoms with Gasteiger partial charge in [-0.1, -0.05) is 12.1 Å². The van der Waals surface area contributed by atoms with Gasteiger partial charge in [0.05, 0.1) is 17.4 Å². The van der Waals surface area contributed by atoms with Crippen molar-refractivity contribution in [3.63, 3.8) is 0 Å². The number of hydrogen-bond donors (Lipinski definition) is 1. The quantitative estimate of drug-likeness (QED) is 0.720. The van der Waals surface area contributed by atoms with Crippen LogP contribution in [0.25, 0.3) is 11.1 Å². The van der Waals surface area contributed by atoms with Crippen LogP contribution in [0.5, 0.6) is 0 Å². The topological polar surface area (TPSA) is 72.9 Å². The molecule has 1 unspecified atom stereocenters. The van der Waals surface area contributed by atoms with Crippen molar-refractivity contribution >= 4 is 11.5 Å². The molecule has 0 amide bonds. The van der Waals surface area contributed by atoms with Crippen LogP contribution in [-0.4, -0.2) is 29.7 Å². The zero-order valence-electron chi connectivity index (χ0n) is 18.0. The number of aliphatic imine (C=N–C) groups is 2. The summed E-state index contributed by atoms with van der Waals surface area (Å²) in [6.07, 6.45) is 2.52. The molecule has 3 aliphatic rings. The monoisotopic (exact) mass is 442 g/mol. The van der Waals surface area contributed by atoms with Crippen LogP contribution >= 0.6 is 0 Å². The standard InChI is InChI=1S/C24H25F3N4O/c1-14-21(28)31-23(30-14)20-10-15(17-9-18(13-29-12-17)24(25,26)27)3-4-16(20)11-22(23)7-5-19(32-2)6-8-22/h3-4,9-10,12-13,19H,5-8,11H2,1-2H3,(H2,28,31). The molecule has 1 aromatic heterocycles. The second-order valence-electron chi connectivity index (χ2n) is 9.09. The summed E-state index contributed by atoms with van der Waals surface area (Å²) in [5.41, 5.74) is 8.24. The molecule has 1 fully saturated rings. The van der Waals surface area contributed by atoms with E-state index in [0.717, 1.165) is 55.5 Å². The number of methoxy groups -OCH3 is 1. The Morgan fingerprint density at radius 3 is 2.44 bits per heavy atom. The van der Waals surface area contributed by atoms with Crippen LogP contribution in [-0.2, 0) is 23.0 Å². The van der Waals surface area contributed by atoms with E-state index < -0.39 is 17.4 Å². The average molecular weight is 442 g/mol. The van der Waals surface area contributed by atoms with Crippen molar-refractivity contribution < 1.29 is 17.9 Å². The Morgan fingerprint density at radius 1 is 1.06 bits per heavy atom. The molecule has 2 N–H and O–H groups in total. The van der Waals surface area contributed by atoms with Gasteiger partial charge in [-0.15, -0.1) is 0 Å². The Kier molecular flexibility index (Phi) is 4.71. The van der Waals surface area contributed by atoms with Crippen molar-refractivity contribution in [3.8, 4) is 11.1 Å². The van der Waals surface area contributed by atoms with Gasteiger partial charge in [-0.3, -0.25) is 9.98 Å². The lowest BCUT2D eigenvalue weighted by atomic mass is 9.65. The van der Waals surface area contributed by atoms with Gasteiger partial charge < -0.3 is 10.5 Å². The van der Waals surface area contributed by atoms with Crippen LogP contribution in [0.2, 0.25) is 0 Å². The number of halogens is 3. The van der Waals surface area contributed by atoms with Crippen LogP contribution in [0.4, 0.5) is 13.2 Å². The fourth-order valence-electron chi connectivity index (χ4n) is 5.60. The fraction of sp³-hybridized carbons (Fsp3) is 0.458. The molecule has 2 spiro atoms. The van der Waals surface area contributed by atoms with Crippen LogP contribution in [0.3, 0.4) is 0 Å². The summed E-state index contributed by atoms with van der Waals surface area (Å²) in [6.45, 7) is 1.86.